The van der Waals surface area contributed by atoms with E-state index in [1.165, 1.54) is 5.56 Å². The molecule has 1 heterocycles. The predicted octanol–water partition coefficient (Wildman–Crippen LogP) is 1.67. The number of aliphatic hydroxyl groups is 1. The van der Waals surface area contributed by atoms with Crippen molar-refractivity contribution in [2.45, 2.75) is 31.8 Å². The molecule has 110 valence electrons. The Bertz CT molecular complexity index is 462. The van der Waals surface area contributed by atoms with Gasteiger partial charge in [0.2, 0.25) is 5.91 Å². The van der Waals surface area contributed by atoms with Crippen LogP contribution in [-0.4, -0.2) is 48.7 Å². The van der Waals surface area contributed by atoms with E-state index >= 15 is 0 Å². The number of carbonyl (C=O) groups excluding carboxylic acids is 1. The van der Waals surface area contributed by atoms with Crippen molar-refractivity contribution in [3.63, 3.8) is 0 Å². The van der Waals surface area contributed by atoms with Gasteiger partial charge in [0.15, 0.2) is 0 Å². The topological polar surface area (TPSA) is 43.8 Å². The predicted molar refractivity (Wildman–Crippen MR) is 80.9 cm³/mol. The van der Waals surface area contributed by atoms with Crippen LogP contribution in [0.15, 0.2) is 24.3 Å². The Kier molecular flexibility index (Phi) is 4.33. The molecule has 0 saturated carbocycles. The molecule has 1 aliphatic heterocycles. The summed E-state index contributed by atoms with van der Waals surface area (Å²) in [5.41, 5.74) is 1.70. The Labute approximate surface area is 121 Å². The highest BCUT2D eigenvalue weighted by Gasteiger charge is 2.41. The number of hydrogen-bond donors (Lipinski definition) is 1. The second-order valence-electron chi connectivity index (χ2n) is 5.89. The second kappa shape index (κ2) is 5.83. The van der Waals surface area contributed by atoms with Gasteiger partial charge in [-0.3, -0.25) is 4.79 Å². The lowest BCUT2D eigenvalue weighted by molar-refractivity contribution is -0.155. The van der Waals surface area contributed by atoms with Gasteiger partial charge in [-0.05, 0) is 30.5 Å². The number of aryl methyl sites for hydroxylation is 1. The number of carbonyl (C=O) groups is 1. The zero-order valence-corrected chi connectivity index (χ0v) is 12.6. The lowest BCUT2D eigenvalue weighted by atomic mass is 9.91. The lowest BCUT2D eigenvalue weighted by Crippen LogP contribution is -2.63. The molecule has 2 rings (SSSR count). The molecule has 0 aromatic heterocycles. The van der Waals surface area contributed by atoms with Crippen molar-refractivity contribution in [3.05, 3.63) is 29.8 Å². The van der Waals surface area contributed by atoms with Crippen LogP contribution in [0.1, 0.15) is 25.3 Å². The van der Waals surface area contributed by atoms with Crippen LogP contribution in [0, 0.1) is 0 Å². The van der Waals surface area contributed by atoms with Gasteiger partial charge in [0, 0.05) is 26.2 Å². The minimum absolute atomic E-state index is 0.139. The molecule has 1 aromatic rings. The summed E-state index contributed by atoms with van der Waals surface area (Å²) in [4.78, 5) is 15.8. The number of benzene rings is 1. The minimum Gasteiger partial charge on any atom is -0.386 e. The fourth-order valence-corrected chi connectivity index (χ4v) is 2.43. The first-order valence-electron chi connectivity index (χ1n) is 7.20. The average Bonchev–Trinajstić information content (AvgIpc) is 2.41. The van der Waals surface area contributed by atoms with Crippen molar-refractivity contribution >= 4 is 11.6 Å². The molecule has 1 amide bonds. The van der Waals surface area contributed by atoms with Crippen molar-refractivity contribution in [1.29, 1.82) is 0 Å². The van der Waals surface area contributed by atoms with Crippen LogP contribution in [0.4, 0.5) is 5.69 Å². The highest BCUT2D eigenvalue weighted by molar-refractivity contribution is 5.77. The number of hydrogen-bond acceptors (Lipinski definition) is 3. The Balaban J connectivity index is 1.79. The first-order valence-corrected chi connectivity index (χ1v) is 7.20. The molecular weight excluding hydrogens is 252 g/mol. The SMILES string of the molecule is CCC1(O)CN(C(=O)CCc2ccc(N(C)C)cc2)C1. The monoisotopic (exact) mass is 276 g/mol. The van der Waals surface area contributed by atoms with Gasteiger partial charge in [-0.15, -0.1) is 0 Å². The van der Waals surface area contributed by atoms with Crippen LogP contribution in [0.25, 0.3) is 0 Å². The highest BCUT2D eigenvalue weighted by Crippen LogP contribution is 2.25. The zero-order valence-electron chi connectivity index (χ0n) is 12.6. The average molecular weight is 276 g/mol. The number of nitrogens with zero attached hydrogens (tertiary/aromatic N) is 2. The fraction of sp³-hybridized carbons (Fsp3) is 0.562. The van der Waals surface area contributed by atoms with Crippen molar-refractivity contribution in [2.75, 3.05) is 32.1 Å². The summed E-state index contributed by atoms with van der Waals surface area (Å²) in [6.07, 6.45) is 1.98. The molecule has 1 aromatic carbocycles. The molecule has 0 aliphatic carbocycles. The number of rotatable bonds is 5. The van der Waals surface area contributed by atoms with Gasteiger partial charge >= 0.3 is 0 Å². The van der Waals surface area contributed by atoms with Gasteiger partial charge in [0.05, 0.1) is 18.7 Å². The first-order chi connectivity index (χ1) is 9.43. The number of anilines is 1. The Hall–Kier alpha value is -1.55. The van der Waals surface area contributed by atoms with Crippen molar-refractivity contribution in [2.24, 2.45) is 0 Å². The van der Waals surface area contributed by atoms with Gasteiger partial charge in [-0.25, -0.2) is 0 Å². The van der Waals surface area contributed by atoms with Gasteiger partial charge in [-0.2, -0.15) is 0 Å². The molecule has 0 bridgehead atoms. The minimum atomic E-state index is -0.636. The Morgan fingerprint density at radius 3 is 2.40 bits per heavy atom. The molecule has 4 heteroatoms. The lowest BCUT2D eigenvalue weighted by Gasteiger charge is -2.46. The van der Waals surface area contributed by atoms with E-state index in [9.17, 15) is 9.90 Å². The number of likely N-dealkylation sites (tertiary alicyclic amines) is 1. The summed E-state index contributed by atoms with van der Waals surface area (Å²) in [6.45, 7) is 2.93. The molecule has 1 fully saturated rings. The van der Waals surface area contributed by atoms with Crippen molar-refractivity contribution < 1.29 is 9.90 Å². The van der Waals surface area contributed by atoms with Gasteiger partial charge < -0.3 is 14.9 Å². The van der Waals surface area contributed by atoms with E-state index in [0.29, 0.717) is 25.9 Å². The maximum atomic E-state index is 12.0. The molecule has 0 unspecified atom stereocenters. The summed E-state index contributed by atoms with van der Waals surface area (Å²) in [6, 6.07) is 8.28. The molecule has 4 nitrogen and oxygen atoms in total. The summed E-state index contributed by atoms with van der Waals surface area (Å²) >= 11 is 0. The fourth-order valence-electron chi connectivity index (χ4n) is 2.43. The normalized spacial score (nSPS) is 16.7. The maximum Gasteiger partial charge on any atom is 0.223 e. The third-order valence-electron chi connectivity index (χ3n) is 4.06. The third kappa shape index (κ3) is 3.31. The van der Waals surface area contributed by atoms with Crippen LogP contribution >= 0.6 is 0 Å². The van der Waals surface area contributed by atoms with Crippen molar-refractivity contribution in [1.82, 2.24) is 4.90 Å². The van der Waals surface area contributed by atoms with E-state index < -0.39 is 5.60 Å². The van der Waals surface area contributed by atoms with Crippen LogP contribution < -0.4 is 4.90 Å². The van der Waals surface area contributed by atoms with E-state index in [4.69, 9.17) is 0 Å². The van der Waals surface area contributed by atoms with Gasteiger partial charge in [0.25, 0.3) is 0 Å². The van der Waals surface area contributed by atoms with E-state index in [0.717, 1.165) is 12.1 Å². The number of β-amino-alcohol motifs (C(OH)–C–C–N with tert-alkyl or cyclic N) is 1. The van der Waals surface area contributed by atoms with E-state index in [2.05, 4.69) is 29.2 Å². The molecule has 0 radical (unpaired) electrons. The molecule has 0 spiro atoms. The summed E-state index contributed by atoms with van der Waals surface area (Å²) < 4.78 is 0. The third-order valence-corrected chi connectivity index (χ3v) is 4.06. The first kappa shape index (κ1) is 14.9. The largest absolute Gasteiger partial charge is 0.386 e. The van der Waals surface area contributed by atoms with E-state index in [1.807, 2.05) is 21.0 Å². The van der Waals surface area contributed by atoms with E-state index in [-0.39, 0.29) is 5.91 Å². The standard InChI is InChI=1S/C16H24N2O2/c1-4-16(20)11-18(12-16)15(19)10-7-13-5-8-14(9-6-13)17(2)3/h5-6,8-9,20H,4,7,10-12H2,1-3H3. The Morgan fingerprint density at radius 1 is 1.30 bits per heavy atom. The van der Waals surface area contributed by atoms with Crippen LogP contribution in [-0.2, 0) is 11.2 Å². The molecule has 1 saturated heterocycles. The molecular formula is C16H24N2O2. The second-order valence-corrected chi connectivity index (χ2v) is 5.89. The summed E-state index contributed by atoms with van der Waals surface area (Å²) in [5, 5.41) is 9.91. The van der Waals surface area contributed by atoms with E-state index in [1.54, 1.807) is 4.90 Å². The quantitative estimate of drug-likeness (QED) is 0.889. The van der Waals surface area contributed by atoms with Crippen LogP contribution in [0.5, 0.6) is 0 Å². The number of amides is 1. The summed E-state index contributed by atoms with van der Waals surface area (Å²) in [5.74, 6) is 0.139. The highest BCUT2D eigenvalue weighted by atomic mass is 16.3. The molecule has 20 heavy (non-hydrogen) atoms. The van der Waals surface area contributed by atoms with Crippen LogP contribution in [0.2, 0.25) is 0 Å². The molecule has 0 atom stereocenters. The zero-order chi connectivity index (χ0) is 14.8. The maximum absolute atomic E-state index is 12.0. The molecule has 1 aliphatic rings. The summed E-state index contributed by atoms with van der Waals surface area (Å²) in [7, 11) is 4.02. The smallest absolute Gasteiger partial charge is 0.223 e. The Morgan fingerprint density at radius 2 is 1.90 bits per heavy atom. The molecule has 1 N–H and O–H groups in total. The van der Waals surface area contributed by atoms with Crippen LogP contribution in [0.3, 0.4) is 0 Å². The van der Waals surface area contributed by atoms with Gasteiger partial charge in [-0.1, -0.05) is 19.1 Å². The van der Waals surface area contributed by atoms with Gasteiger partial charge in [0.1, 0.15) is 0 Å². The van der Waals surface area contributed by atoms with Crippen molar-refractivity contribution in [3.8, 4) is 0 Å².